The van der Waals surface area contributed by atoms with Crippen LogP contribution in [0.5, 0.6) is 5.75 Å². The minimum Gasteiger partial charge on any atom is -0.508 e. The molecule has 2 rings (SSSR count). The van der Waals surface area contributed by atoms with Crippen LogP contribution in [0.1, 0.15) is 10.4 Å². The molecule has 0 aliphatic heterocycles. The van der Waals surface area contributed by atoms with Crippen molar-refractivity contribution in [1.29, 1.82) is 0 Å². The van der Waals surface area contributed by atoms with Gasteiger partial charge in [-0.15, -0.1) is 0 Å². The highest BCUT2D eigenvalue weighted by atomic mass is 32.1. The maximum Gasteiger partial charge on any atom is 0.324 e. The fourth-order valence-electron chi connectivity index (χ4n) is 1.65. The fraction of sp³-hybridized carbons (Fsp3) is 0.0714. The number of benzene rings is 1. The lowest BCUT2D eigenvalue weighted by Gasteiger charge is -2.06. The predicted molar refractivity (Wildman–Crippen MR) is 81.5 cm³/mol. The first-order valence-electron chi connectivity index (χ1n) is 5.98. The Balaban J connectivity index is 2.03. The van der Waals surface area contributed by atoms with Crippen LogP contribution in [-0.2, 0) is 4.79 Å². The van der Waals surface area contributed by atoms with E-state index in [4.69, 9.17) is 0 Å². The van der Waals surface area contributed by atoms with Crippen LogP contribution >= 0.6 is 11.3 Å². The zero-order valence-corrected chi connectivity index (χ0v) is 11.9. The molecule has 0 spiro atoms. The lowest BCUT2D eigenvalue weighted by molar-refractivity contribution is -0.380. The molecule has 0 unspecified atom stereocenters. The van der Waals surface area contributed by atoms with E-state index in [0.717, 1.165) is 16.9 Å². The van der Waals surface area contributed by atoms with Crippen LogP contribution in [0.4, 0.5) is 10.7 Å². The summed E-state index contributed by atoms with van der Waals surface area (Å²) in [5.41, 5.74) is 1.34. The van der Waals surface area contributed by atoms with Gasteiger partial charge in [0, 0.05) is 22.7 Å². The first-order valence-corrected chi connectivity index (χ1v) is 6.80. The molecule has 6 nitrogen and oxygen atoms in total. The van der Waals surface area contributed by atoms with Crippen molar-refractivity contribution in [2.75, 3.05) is 5.32 Å². The number of thiophene rings is 1. The highest BCUT2D eigenvalue weighted by Crippen LogP contribution is 2.25. The SMILES string of the molecule is Cc1cc(O)ccc1NC(=O)/C=C/c1ccc([N+](=O)[O-])s1. The second-order valence-electron chi connectivity index (χ2n) is 4.25. The molecule has 0 radical (unpaired) electrons. The number of phenols is 1. The summed E-state index contributed by atoms with van der Waals surface area (Å²) in [5, 5.41) is 22.5. The molecule has 1 aromatic carbocycles. The van der Waals surface area contributed by atoms with Gasteiger partial charge < -0.3 is 10.4 Å². The van der Waals surface area contributed by atoms with Gasteiger partial charge in [-0.25, -0.2) is 0 Å². The van der Waals surface area contributed by atoms with E-state index in [-0.39, 0.29) is 16.7 Å². The molecule has 7 heteroatoms. The van der Waals surface area contributed by atoms with Gasteiger partial charge in [0.1, 0.15) is 5.75 Å². The number of phenolic OH excluding ortho intramolecular Hbond substituents is 1. The number of nitrogens with one attached hydrogen (secondary N) is 1. The van der Waals surface area contributed by atoms with Crippen molar-refractivity contribution in [3.05, 3.63) is 57.0 Å². The van der Waals surface area contributed by atoms with Crippen molar-refractivity contribution in [3.8, 4) is 5.75 Å². The summed E-state index contributed by atoms with van der Waals surface area (Å²) in [6.45, 7) is 1.77. The Morgan fingerprint density at radius 1 is 1.38 bits per heavy atom. The van der Waals surface area contributed by atoms with E-state index >= 15 is 0 Å². The molecule has 0 fully saturated rings. The molecule has 2 N–H and O–H groups in total. The van der Waals surface area contributed by atoms with Gasteiger partial charge in [0.2, 0.25) is 5.91 Å². The van der Waals surface area contributed by atoms with E-state index in [1.165, 1.54) is 24.3 Å². The van der Waals surface area contributed by atoms with Crippen molar-refractivity contribution in [3.63, 3.8) is 0 Å². The summed E-state index contributed by atoms with van der Waals surface area (Å²) in [6, 6.07) is 7.61. The van der Waals surface area contributed by atoms with Gasteiger partial charge in [0.05, 0.1) is 4.92 Å². The van der Waals surface area contributed by atoms with E-state index in [9.17, 15) is 20.0 Å². The first kappa shape index (κ1) is 14.7. The van der Waals surface area contributed by atoms with Gasteiger partial charge in [-0.1, -0.05) is 11.3 Å². The summed E-state index contributed by atoms with van der Waals surface area (Å²) >= 11 is 0.995. The smallest absolute Gasteiger partial charge is 0.324 e. The topological polar surface area (TPSA) is 92.5 Å². The van der Waals surface area contributed by atoms with Gasteiger partial charge in [0.15, 0.2) is 0 Å². The van der Waals surface area contributed by atoms with Gasteiger partial charge >= 0.3 is 5.00 Å². The molecule has 0 saturated carbocycles. The van der Waals surface area contributed by atoms with Crippen LogP contribution in [0.15, 0.2) is 36.4 Å². The summed E-state index contributed by atoms with van der Waals surface area (Å²) in [7, 11) is 0. The normalized spacial score (nSPS) is 10.7. The molecule has 21 heavy (non-hydrogen) atoms. The number of nitrogens with zero attached hydrogens (tertiary/aromatic N) is 1. The van der Waals surface area contributed by atoms with Crippen LogP contribution in [0.25, 0.3) is 6.08 Å². The molecule has 1 amide bonds. The van der Waals surface area contributed by atoms with Crippen LogP contribution in [-0.4, -0.2) is 15.9 Å². The van der Waals surface area contributed by atoms with Crippen LogP contribution < -0.4 is 5.32 Å². The fourth-order valence-corrected chi connectivity index (χ4v) is 2.37. The number of hydrogen-bond acceptors (Lipinski definition) is 5. The molecule has 0 saturated heterocycles. The molecule has 0 bridgehead atoms. The van der Waals surface area contributed by atoms with E-state index < -0.39 is 4.92 Å². The molecular formula is C14H12N2O4S. The summed E-state index contributed by atoms with van der Waals surface area (Å²) < 4.78 is 0. The molecule has 0 aliphatic rings. The van der Waals surface area contributed by atoms with Gasteiger partial charge in [-0.2, -0.15) is 0 Å². The molecule has 1 aromatic heterocycles. The van der Waals surface area contributed by atoms with Gasteiger partial charge in [0.25, 0.3) is 0 Å². The minimum atomic E-state index is -0.470. The first-order chi connectivity index (χ1) is 9.95. The van der Waals surface area contributed by atoms with Crippen molar-refractivity contribution < 1.29 is 14.8 Å². The van der Waals surface area contributed by atoms with Crippen LogP contribution in [0.2, 0.25) is 0 Å². The van der Waals surface area contributed by atoms with Crippen LogP contribution in [0, 0.1) is 17.0 Å². The van der Waals surface area contributed by atoms with E-state index in [1.54, 1.807) is 25.1 Å². The predicted octanol–water partition coefficient (Wildman–Crippen LogP) is 3.32. The lowest BCUT2D eigenvalue weighted by Crippen LogP contribution is -2.08. The van der Waals surface area contributed by atoms with Crippen molar-refractivity contribution in [1.82, 2.24) is 0 Å². The van der Waals surface area contributed by atoms with E-state index in [0.29, 0.717) is 10.6 Å². The second kappa shape index (κ2) is 6.19. The average molecular weight is 304 g/mol. The zero-order chi connectivity index (χ0) is 15.4. The maximum absolute atomic E-state index is 11.8. The Labute approximate surface area is 124 Å². The molecule has 0 aliphatic carbocycles. The maximum atomic E-state index is 11.8. The Kier molecular flexibility index (Phi) is 4.34. The zero-order valence-electron chi connectivity index (χ0n) is 11.1. The number of carbonyl (C=O) groups is 1. The van der Waals surface area contributed by atoms with E-state index in [2.05, 4.69) is 5.32 Å². The number of rotatable bonds is 4. The summed E-state index contributed by atoms with van der Waals surface area (Å²) in [6.07, 6.45) is 2.82. The highest BCUT2D eigenvalue weighted by molar-refractivity contribution is 7.16. The molecule has 1 heterocycles. The standard InChI is InChI=1S/C14H12N2O4S/c1-9-8-10(17)2-5-12(9)15-13(18)6-3-11-4-7-14(21-11)16(19)20/h2-8,17H,1H3,(H,15,18)/b6-3+. The number of amides is 1. The Morgan fingerprint density at radius 3 is 2.76 bits per heavy atom. The molecular weight excluding hydrogens is 292 g/mol. The summed E-state index contributed by atoms with van der Waals surface area (Å²) in [4.78, 5) is 22.5. The number of aryl methyl sites for hydroxylation is 1. The lowest BCUT2D eigenvalue weighted by atomic mass is 10.2. The van der Waals surface area contributed by atoms with Gasteiger partial charge in [-0.3, -0.25) is 14.9 Å². The number of aromatic hydroxyl groups is 1. The third-order valence-electron chi connectivity index (χ3n) is 2.66. The third-order valence-corrected chi connectivity index (χ3v) is 3.66. The third kappa shape index (κ3) is 3.90. The Bertz CT molecular complexity index is 722. The highest BCUT2D eigenvalue weighted by Gasteiger charge is 2.08. The number of carbonyl (C=O) groups excluding carboxylic acids is 1. The second-order valence-corrected chi connectivity index (χ2v) is 5.35. The largest absolute Gasteiger partial charge is 0.508 e. The average Bonchev–Trinajstić information content (AvgIpc) is 2.89. The monoisotopic (exact) mass is 304 g/mol. The quantitative estimate of drug-likeness (QED) is 0.392. The van der Waals surface area contributed by atoms with Crippen molar-refractivity contribution in [2.45, 2.75) is 6.92 Å². The molecule has 2 aromatic rings. The minimum absolute atomic E-state index is 0.0319. The number of hydrogen-bond donors (Lipinski definition) is 2. The molecule has 0 atom stereocenters. The van der Waals surface area contributed by atoms with Gasteiger partial charge in [-0.05, 0) is 42.8 Å². The molecule has 108 valence electrons. The Morgan fingerprint density at radius 2 is 2.14 bits per heavy atom. The van der Waals surface area contributed by atoms with Crippen molar-refractivity contribution in [2.24, 2.45) is 0 Å². The summed E-state index contributed by atoms with van der Waals surface area (Å²) in [5.74, 6) is -0.216. The van der Waals surface area contributed by atoms with E-state index in [1.807, 2.05) is 0 Å². The van der Waals surface area contributed by atoms with Crippen LogP contribution in [0.3, 0.4) is 0 Å². The Hall–Kier alpha value is -2.67. The number of nitro groups is 1. The van der Waals surface area contributed by atoms with Crippen molar-refractivity contribution >= 4 is 34.0 Å². The number of anilines is 1.